The first-order valence-electron chi connectivity index (χ1n) is 7.70. The number of nitrogens with one attached hydrogen (secondary N) is 2. The summed E-state index contributed by atoms with van der Waals surface area (Å²) in [5, 5.41) is 6.64. The van der Waals surface area contributed by atoms with Gasteiger partial charge in [0, 0.05) is 31.1 Å². The third-order valence-electron chi connectivity index (χ3n) is 2.91. The van der Waals surface area contributed by atoms with E-state index < -0.39 is 0 Å². The summed E-state index contributed by atoms with van der Waals surface area (Å²) in [4.78, 5) is 4.64. The van der Waals surface area contributed by atoms with Gasteiger partial charge < -0.3 is 15.4 Å². The van der Waals surface area contributed by atoms with Crippen molar-refractivity contribution in [3.63, 3.8) is 0 Å². The molecule has 21 heavy (non-hydrogen) atoms. The van der Waals surface area contributed by atoms with Crippen LogP contribution in [0.4, 0.5) is 0 Å². The molecule has 0 aliphatic carbocycles. The van der Waals surface area contributed by atoms with Gasteiger partial charge in [-0.25, -0.2) is 0 Å². The largest absolute Gasteiger partial charge is 0.381 e. The van der Waals surface area contributed by atoms with Crippen molar-refractivity contribution in [3.05, 3.63) is 0 Å². The standard InChI is InChI=1S/C15H33N3OS.HI/c1-6-8-11-19-12-9-10-17-14(16-7-2)18-13-15(3,4)20-5;/h6-13H2,1-5H3,(H2,16,17,18);1H. The Kier molecular flexibility index (Phi) is 17.1. The first kappa shape index (κ1) is 23.6. The Bertz CT molecular complexity index is 263. The van der Waals surface area contributed by atoms with Gasteiger partial charge in [-0.05, 0) is 39.9 Å². The molecule has 0 amide bonds. The molecule has 0 aliphatic rings. The second kappa shape index (κ2) is 15.2. The maximum Gasteiger partial charge on any atom is 0.191 e. The summed E-state index contributed by atoms with van der Waals surface area (Å²) >= 11 is 1.84. The zero-order valence-electron chi connectivity index (χ0n) is 14.3. The summed E-state index contributed by atoms with van der Waals surface area (Å²) < 4.78 is 5.73. The van der Waals surface area contributed by atoms with Gasteiger partial charge in [0.25, 0.3) is 0 Å². The van der Waals surface area contributed by atoms with Crippen molar-refractivity contribution in [2.45, 2.75) is 51.7 Å². The third kappa shape index (κ3) is 15.0. The average molecular weight is 431 g/mol. The van der Waals surface area contributed by atoms with Crippen LogP contribution in [-0.4, -0.2) is 49.8 Å². The van der Waals surface area contributed by atoms with Crippen molar-refractivity contribution in [2.24, 2.45) is 4.99 Å². The van der Waals surface area contributed by atoms with Crippen molar-refractivity contribution < 1.29 is 4.74 Å². The minimum Gasteiger partial charge on any atom is -0.381 e. The lowest BCUT2D eigenvalue weighted by Crippen LogP contribution is -2.39. The first-order chi connectivity index (χ1) is 9.55. The van der Waals surface area contributed by atoms with E-state index in [4.69, 9.17) is 4.74 Å². The number of guanidine groups is 1. The van der Waals surface area contributed by atoms with E-state index in [1.807, 2.05) is 11.8 Å². The smallest absolute Gasteiger partial charge is 0.191 e. The molecule has 0 saturated carbocycles. The quantitative estimate of drug-likeness (QED) is 0.228. The van der Waals surface area contributed by atoms with Crippen LogP contribution in [0, 0.1) is 0 Å². The predicted octanol–water partition coefficient (Wildman–Crippen LogP) is 3.51. The Morgan fingerprint density at radius 1 is 1.14 bits per heavy atom. The highest BCUT2D eigenvalue weighted by Crippen LogP contribution is 2.20. The molecule has 0 aromatic rings. The fraction of sp³-hybridized carbons (Fsp3) is 0.933. The predicted molar refractivity (Wildman–Crippen MR) is 107 cm³/mol. The Balaban J connectivity index is 0. The number of aliphatic imine (C=N–C) groups is 1. The monoisotopic (exact) mass is 431 g/mol. The molecule has 0 spiro atoms. The third-order valence-corrected chi connectivity index (χ3v) is 4.15. The molecule has 0 radical (unpaired) electrons. The molecule has 0 unspecified atom stereocenters. The molecule has 0 bridgehead atoms. The van der Waals surface area contributed by atoms with E-state index in [2.05, 4.69) is 49.6 Å². The number of hydrogen-bond donors (Lipinski definition) is 2. The Morgan fingerprint density at radius 2 is 1.81 bits per heavy atom. The second-order valence-corrected chi connectivity index (χ2v) is 6.92. The lowest BCUT2D eigenvalue weighted by Gasteiger charge is -2.20. The molecule has 0 aliphatic heterocycles. The summed E-state index contributed by atoms with van der Waals surface area (Å²) in [7, 11) is 0. The second-order valence-electron chi connectivity index (χ2n) is 5.41. The van der Waals surface area contributed by atoms with E-state index in [0.29, 0.717) is 0 Å². The normalized spacial score (nSPS) is 12.0. The van der Waals surface area contributed by atoms with Gasteiger partial charge in [-0.15, -0.1) is 24.0 Å². The summed E-state index contributed by atoms with van der Waals surface area (Å²) in [6.07, 6.45) is 5.49. The van der Waals surface area contributed by atoms with Gasteiger partial charge in [-0.1, -0.05) is 13.3 Å². The maximum atomic E-state index is 5.54. The van der Waals surface area contributed by atoms with E-state index in [0.717, 1.165) is 51.6 Å². The van der Waals surface area contributed by atoms with Crippen LogP contribution in [0.25, 0.3) is 0 Å². The van der Waals surface area contributed by atoms with Gasteiger partial charge in [0.05, 0.1) is 6.54 Å². The Morgan fingerprint density at radius 3 is 2.38 bits per heavy atom. The fourth-order valence-corrected chi connectivity index (χ4v) is 1.60. The van der Waals surface area contributed by atoms with Crippen LogP contribution in [0.2, 0.25) is 0 Å². The average Bonchev–Trinajstić information content (AvgIpc) is 2.43. The first-order valence-corrected chi connectivity index (χ1v) is 8.93. The number of rotatable bonds is 11. The molecule has 6 heteroatoms. The van der Waals surface area contributed by atoms with Crippen LogP contribution in [0.15, 0.2) is 4.99 Å². The van der Waals surface area contributed by atoms with E-state index in [1.54, 1.807) is 0 Å². The van der Waals surface area contributed by atoms with Crippen LogP contribution >= 0.6 is 35.7 Å². The molecule has 0 heterocycles. The number of halogens is 1. The van der Waals surface area contributed by atoms with Crippen molar-refractivity contribution in [3.8, 4) is 0 Å². The van der Waals surface area contributed by atoms with Crippen molar-refractivity contribution in [1.29, 1.82) is 0 Å². The molecule has 0 saturated heterocycles. The highest BCUT2D eigenvalue weighted by atomic mass is 127. The Labute approximate surface area is 152 Å². The molecule has 0 aromatic carbocycles. The van der Waals surface area contributed by atoms with Crippen LogP contribution in [0.3, 0.4) is 0 Å². The maximum absolute atomic E-state index is 5.54. The zero-order valence-corrected chi connectivity index (χ0v) is 17.5. The SMILES string of the molecule is CCCCOCCCNC(=NCC(C)(C)SC)NCC.I. The number of nitrogens with zero attached hydrogens (tertiary/aromatic N) is 1. The van der Waals surface area contributed by atoms with Crippen LogP contribution in [0.5, 0.6) is 0 Å². The van der Waals surface area contributed by atoms with E-state index in [9.17, 15) is 0 Å². The van der Waals surface area contributed by atoms with Crippen LogP contribution in [0.1, 0.15) is 47.0 Å². The summed E-state index contributed by atoms with van der Waals surface area (Å²) in [5.41, 5.74) is 0. The molecule has 0 rings (SSSR count). The lowest BCUT2D eigenvalue weighted by molar-refractivity contribution is 0.129. The lowest BCUT2D eigenvalue weighted by atomic mass is 10.2. The fourth-order valence-electron chi connectivity index (χ4n) is 1.41. The molecule has 0 atom stereocenters. The molecular formula is C15H34IN3OS. The van der Waals surface area contributed by atoms with E-state index in [1.165, 1.54) is 6.42 Å². The summed E-state index contributed by atoms with van der Waals surface area (Å²) in [6.45, 7) is 13.0. The van der Waals surface area contributed by atoms with Gasteiger partial charge >= 0.3 is 0 Å². The van der Waals surface area contributed by atoms with Crippen molar-refractivity contribution >= 4 is 41.7 Å². The van der Waals surface area contributed by atoms with E-state index >= 15 is 0 Å². The number of ether oxygens (including phenoxy) is 1. The van der Waals surface area contributed by atoms with Crippen molar-refractivity contribution in [2.75, 3.05) is 39.1 Å². The van der Waals surface area contributed by atoms with Crippen molar-refractivity contribution in [1.82, 2.24) is 10.6 Å². The minimum atomic E-state index is 0. The minimum absolute atomic E-state index is 0. The molecule has 2 N–H and O–H groups in total. The van der Waals surface area contributed by atoms with Gasteiger partial charge in [0.2, 0.25) is 0 Å². The summed E-state index contributed by atoms with van der Waals surface area (Å²) in [6, 6.07) is 0. The zero-order chi connectivity index (χ0) is 15.3. The van der Waals surface area contributed by atoms with Gasteiger partial charge in [-0.2, -0.15) is 11.8 Å². The molecular weight excluding hydrogens is 397 g/mol. The molecule has 128 valence electrons. The number of unbranched alkanes of at least 4 members (excludes halogenated alkanes) is 1. The topological polar surface area (TPSA) is 45.6 Å². The highest BCUT2D eigenvalue weighted by Gasteiger charge is 2.15. The number of hydrogen-bond acceptors (Lipinski definition) is 3. The Hall–Kier alpha value is 0.310. The number of thioether (sulfide) groups is 1. The van der Waals surface area contributed by atoms with E-state index in [-0.39, 0.29) is 28.7 Å². The van der Waals surface area contributed by atoms with Gasteiger partial charge in [-0.3, -0.25) is 4.99 Å². The molecule has 0 aromatic heterocycles. The van der Waals surface area contributed by atoms with Crippen LogP contribution in [-0.2, 0) is 4.74 Å². The van der Waals surface area contributed by atoms with Gasteiger partial charge in [0.1, 0.15) is 0 Å². The molecule has 0 fully saturated rings. The van der Waals surface area contributed by atoms with Gasteiger partial charge in [0.15, 0.2) is 5.96 Å². The highest BCUT2D eigenvalue weighted by molar-refractivity contribution is 14.0. The molecule has 4 nitrogen and oxygen atoms in total. The summed E-state index contributed by atoms with van der Waals surface area (Å²) in [5.74, 6) is 0.906. The van der Waals surface area contributed by atoms with Crippen LogP contribution < -0.4 is 10.6 Å².